The standard InChI is InChI=1S/C24H26N7.Ac.2H2/c25-18-10-11-22(28-15-18)26-13-14-31(16-23-29-19-7-1-2-8-20(19)30-23)21-9-3-5-17-6-4-12-27-24(17)21;;;/h1-2,4,6-8,10-12,15,21,25H,3,5,9,13-14,16H2,(H,26,28)(H,29,30);;2*1H/q-1;;;. The molecule has 3 aromatic heterocycles. The van der Waals surface area contributed by atoms with E-state index in [2.05, 4.69) is 32.3 Å². The summed E-state index contributed by atoms with van der Waals surface area (Å²) >= 11 is 0. The van der Waals surface area contributed by atoms with E-state index < -0.39 is 0 Å². The molecule has 165 valence electrons. The van der Waals surface area contributed by atoms with Gasteiger partial charge in [0.15, 0.2) is 0 Å². The van der Waals surface area contributed by atoms with Gasteiger partial charge in [0.2, 0.25) is 0 Å². The molecule has 1 aliphatic rings. The van der Waals surface area contributed by atoms with Gasteiger partial charge < -0.3 is 16.0 Å². The fourth-order valence-corrected chi connectivity index (χ4v) is 4.38. The molecule has 1 atom stereocenters. The third kappa shape index (κ3) is 5.31. The van der Waals surface area contributed by atoms with Crippen molar-refractivity contribution in [2.45, 2.75) is 31.8 Å². The van der Waals surface area contributed by atoms with Gasteiger partial charge in [-0.3, -0.25) is 9.88 Å². The van der Waals surface area contributed by atoms with Crippen molar-refractivity contribution >= 4 is 22.5 Å². The van der Waals surface area contributed by atoms with Crippen LogP contribution >= 0.6 is 0 Å². The molecule has 5 rings (SSSR count). The summed E-state index contributed by atoms with van der Waals surface area (Å²) in [5, 5.41) is 3.39. The van der Waals surface area contributed by atoms with Gasteiger partial charge in [-0.1, -0.05) is 24.3 Å². The number of rotatable bonds is 7. The van der Waals surface area contributed by atoms with E-state index in [1.54, 1.807) is 12.3 Å². The van der Waals surface area contributed by atoms with E-state index >= 15 is 0 Å². The van der Waals surface area contributed by atoms with Gasteiger partial charge in [0, 0.05) is 72.4 Å². The molecule has 32 heavy (non-hydrogen) atoms. The number of hydrogen-bond donors (Lipinski definition) is 2. The zero-order valence-electron chi connectivity index (χ0n) is 18.0. The molecule has 0 saturated heterocycles. The van der Waals surface area contributed by atoms with E-state index in [4.69, 9.17) is 15.7 Å². The summed E-state index contributed by atoms with van der Waals surface area (Å²) in [4.78, 5) is 19.8. The van der Waals surface area contributed by atoms with Crippen LogP contribution in [0, 0.1) is 44.1 Å². The SMILES string of the molecule is [Ac].[HH].[HH].[NH-]c1ccc(NCCN(Cc2nc3ccccc3[nH]2)C2CCCc3cccnc32)nc1. The maximum absolute atomic E-state index is 7.59. The second kappa shape index (κ2) is 10.7. The second-order valence-electron chi connectivity index (χ2n) is 7.99. The van der Waals surface area contributed by atoms with E-state index in [-0.39, 0.29) is 53.0 Å². The van der Waals surface area contributed by atoms with Gasteiger partial charge in [0.1, 0.15) is 11.6 Å². The van der Waals surface area contributed by atoms with Crippen LogP contribution in [0.3, 0.4) is 0 Å². The molecule has 3 heterocycles. The Labute approximate surface area is 226 Å². The minimum Gasteiger partial charge on any atom is -0.697 e. The first-order valence-electron chi connectivity index (χ1n) is 10.8. The molecule has 0 bridgehead atoms. The Bertz CT molecular complexity index is 1140. The number of para-hydroxylation sites is 2. The number of aromatic amines is 1. The molecule has 0 aliphatic heterocycles. The Morgan fingerprint density at radius 2 is 2.03 bits per heavy atom. The Hall–Kier alpha value is -2.01. The summed E-state index contributed by atoms with van der Waals surface area (Å²) in [5.41, 5.74) is 12.6. The van der Waals surface area contributed by atoms with Gasteiger partial charge in [-0.15, -0.1) is 5.69 Å². The van der Waals surface area contributed by atoms with Gasteiger partial charge in [-0.2, -0.15) is 0 Å². The summed E-state index contributed by atoms with van der Waals surface area (Å²) in [6.45, 7) is 2.32. The van der Waals surface area contributed by atoms with Crippen LogP contribution in [0.1, 0.15) is 38.8 Å². The Morgan fingerprint density at radius 3 is 2.88 bits per heavy atom. The molecule has 7 nitrogen and oxygen atoms in total. The summed E-state index contributed by atoms with van der Waals surface area (Å²) in [6, 6.07) is 16.3. The van der Waals surface area contributed by atoms with Crippen molar-refractivity contribution in [3.8, 4) is 0 Å². The molecule has 8 heteroatoms. The smallest absolute Gasteiger partial charge is 0.125 e. The number of nitrogens with zero attached hydrogens (tertiary/aromatic N) is 4. The van der Waals surface area contributed by atoms with Gasteiger partial charge in [-0.05, 0) is 49.1 Å². The fraction of sp³-hybridized carbons (Fsp3) is 0.292. The second-order valence-corrected chi connectivity index (χ2v) is 7.99. The maximum atomic E-state index is 7.59. The van der Waals surface area contributed by atoms with Crippen LogP contribution in [0.25, 0.3) is 16.8 Å². The van der Waals surface area contributed by atoms with E-state index in [1.165, 1.54) is 17.7 Å². The Kier molecular flexibility index (Phi) is 7.77. The molecule has 0 spiro atoms. The normalized spacial score (nSPS) is 15.3. The van der Waals surface area contributed by atoms with Crippen LogP contribution in [0.4, 0.5) is 11.5 Å². The number of hydrogen-bond acceptors (Lipinski definition) is 5. The van der Waals surface area contributed by atoms with Gasteiger partial charge in [0.05, 0.1) is 29.3 Å². The average Bonchev–Trinajstić information content (AvgIpc) is 3.22. The van der Waals surface area contributed by atoms with E-state index in [0.717, 1.165) is 55.2 Å². The monoisotopic (exact) mass is 643 g/mol. The van der Waals surface area contributed by atoms with Crippen LogP contribution in [0.2, 0.25) is 0 Å². The molecular weight excluding hydrogens is 613 g/mol. The Balaban J connectivity index is 0.00000136. The average molecular weight is 644 g/mol. The number of anilines is 1. The van der Waals surface area contributed by atoms with Crippen molar-refractivity contribution in [1.29, 1.82) is 0 Å². The van der Waals surface area contributed by atoms with Crippen LogP contribution in [0.5, 0.6) is 0 Å². The van der Waals surface area contributed by atoms with Gasteiger partial charge in [0.25, 0.3) is 0 Å². The number of aryl methyl sites for hydroxylation is 1. The molecule has 1 radical (unpaired) electrons. The molecule has 1 unspecified atom stereocenters. The number of aromatic nitrogens is 4. The topological polar surface area (TPSA) is 93.5 Å². The number of pyridine rings is 2. The summed E-state index contributed by atoms with van der Waals surface area (Å²) in [6.07, 6.45) is 6.83. The van der Waals surface area contributed by atoms with Crippen molar-refractivity contribution in [2.24, 2.45) is 0 Å². The molecule has 4 aromatic rings. The predicted molar refractivity (Wildman–Crippen MR) is 127 cm³/mol. The molecule has 0 saturated carbocycles. The van der Waals surface area contributed by atoms with Crippen LogP contribution < -0.4 is 5.32 Å². The van der Waals surface area contributed by atoms with Crippen LogP contribution in [-0.2, 0) is 13.0 Å². The molecule has 1 aliphatic carbocycles. The molecule has 0 amide bonds. The number of imidazole rings is 1. The zero-order chi connectivity index (χ0) is 21.0. The van der Waals surface area contributed by atoms with E-state index in [0.29, 0.717) is 5.69 Å². The fourth-order valence-electron chi connectivity index (χ4n) is 4.38. The number of nitrogens with one attached hydrogen (secondary N) is 3. The predicted octanol–water partition coefficient (Wildman–Crippen LogP) is 5.52. The first-order valence-corrected chi connectivity index (χ1v) is 10.8. The number of benzene rings is 1. The van der Waals surface area contributed by atoms with Crippen molar-refractivity contribution in [3.63, 3.8) is 0 Å². The summed E-state index contributed by atoms with van der Waals surface area (Å²) in [7, 11) is 0. The van der Waals surface area contributed by atoms with Gasteiger partial charge >= 0.3 is 0 Å². The molecular formula is C24H30AcN7-. The minimum absolute atomic E-state index is 0. The van der Waals surface area contributed by atoms with E-state index in [9.17, 15) is 0 Å². The number of H-pyrrole nitrogens is 1. The van der Waals surface area contributed by atoms with Gasteiger partial charge in [-0.25, -0.2) is 9.97 Å². The first kappa shape index (κ1) is 23.2. The zero-order valence-corrected chi connectivity index (χ0v) is 22.7. The third-order valence-electron chi connectivity index (χ3n) is 5.87. The number of fused-ring (bicyclic) bond motifs is 2. The van der Waals surface area contributed by atoms with Crippen molar-refractivity contribution in [1.82, 2.24) is 24.8 Å². The van der Waals surface area contributed by atoms with Crippen LogP contribution in [-0.4, -0.2) is 37.9 Å². The van der Waals surface area contributed by atoms with E-state index in [1.807, 2.05) is 36.5 Å². The third-order valence-corrected chi connectivity index (χ3v) is 5.87. The summed E-state index contributed by atoms with van der Waals surface area (Å²) in [5.74, 6) is 1.77. The van der Waals surface area contributed by atoms with Crippen molar-refractivity contribution in [3.05, 3.63) is 83.7 Å². The molecule has 0 fully saturated rings. The largest absolute Gasteiger partial charge is 0.697 e. The first-order chi connectivity index (χ1) is 15.3. The summed E-state index contributed by atoms with van der Waals surface area (Å²) < 4.78 is 0. The quantitative estimate of drug-likeness (QED) is 0.277. The molecule has 3 N–H and O–H groups in total. The van der Waals surface area contributed by atoms with Crippen molar-refractivity contribution < 1.29 is 46.9 Å². The maximum Gasteiger partial charge on any atom is 0.125 e. The molecule has 1 aromatic carbocycles. The minimum atomic E-state index is 0. The Morgan fingerprint density at radius 1 is 1.12 bits per heavy atom. The van der Waals surface area contributed by atoms with Crippen molar-refractivity contribution in [2.75, 3.05) is 18.4 Å². The van der Waals surface area contributed by atoms with Crippen LogP contribution in [0.15, 0.2) is 60.9 Å².